The maximum absolute atomic E-state index is 13.0. The second kappa shape index (κ2) is 9.24. The molecule has 2 heterocycles. The van der Waals surface area contributed by atoms with Crippen LogP contribution in [0.15, 0.2) is 36.9 Å². The molecule has 0 saturated carbocycles. The zero-order valence-electron chi connectivity index (χ0n) is 15.9. The molecule has 0 aromatic heterocycles. The number of amides is 3. The largest absolute Gasteiger partial charge is 0.348 e. The van der Waals surface area contributed by atoms with E-state index < -0.39 is 0 Å². The number of likely N-dealkylation sites (tertiary alicyclic amines) is 2. The molecular formula is C21H26ClN3O3. The summed E-state index contributed by atoms with van der Waals surface area (Å²) < 4.78 is 0. The van der Waals surface area contributed by atoms with Gasteiger partial charge in [-0.05, 0) is 56.0 Å². The lowest BCUT2D eigenvalue weighted by molar-refractivity contribution is -0.140. The first-order chi connectivity index (χ1) is 13.5. The van der Waals surface area contributed by atoms with Crippen molar-refractivity contribution >= 4 is 29.3 Å². The average molecular weight is 404 g/mol. The number of benzene rings is 1. The number of halogens is 1. The van der Waals surface area contributed by atoms with E-state index in [1.54, 1.807) is 29.2 Å². The van der Waals surface area contributed by atoms with Crippen molar-refractivity contribution in [3.05, 3.63) is 47.5 Å². The molecule has 2 fully saturated rings. The first-order valence-corrected chi connectivity index (χ1v) is 10.1. The van der Waals surface area contributed by atoms with Gasteiger partial charge in [-0.25, -0.2) is 0 Å². The van der Waals surface area contributed by atoms with Crippen molar-refractivity contribution in [2.75, 3.05) is 26.2 Å². The topological polar surface area (TPSA) is 69.7 Å². The van der Waals surface area contributed by atoms with E-state index in [4.69, 9.17) is 11.6 Å². The fraction of sp³-hybridized carbons (Fsp3) is 0.476. The Hall–Kier alpha value is -2.34. The second-order valence-electron chi connectivity index (χ2n) is 7.43. The lowest BCUT2D eigenvalue weighted by Crippen LogP contribution is -2.53. The third-order valence-corrected chi connectivity index (χ3v) is 5.68. The molecule has 2 saturated heterocycles. The molecule has 0 radical (unpaired) electrons. The van der Waals surface area contributed by atoms with Gasteiger partial charge in [0.05, 0.1) is 5.92 Å². The van der Waals surface area contributed by atoms with Crippen LogP contribution < -0.4 is 5.32 Å². The monoisotopic (exact) mass is 403 g/mol. The fourth-order valence-corrected chi connectivity index (χ4v) is 4.06. The molecule has 0 aliphatic carbocycles. The molecule has 3 amide bonds. The SMILES string of the molecule is C=CC(=O)N1CCCC(C(=O)N2CCCC(NC(=O)c3ccc(Cl)cc3)C2)C1. The molecule has 6 nitrogen and oxygen atoms in total. The molecular weight excluding hydrogens is 378 g/mol. The van der Waals surface area contributed by atoms with E-state index >= 15 is 0 Å². The van der Waals surface area contributed by atoms with E-state index in [2.05, 4.69) is 11.9 Å². The summed E-state index contributed by atoms with van der Waals surface area (Å²) in [6, 6.07) is 6.68. The van der Waals surface area contributed by atoms with Gasteiger partial charge in [0.1, 0.15) is 0 Å². The van der Waals surface area contributed by atoms with Gasteiger partial charge in [0.15, 0.2) is 0 Å². The lowest BCUT2D eigenvalue weighted by Gasteiger charge is -2.38. The molecule has 0 spiro atoms. The number of carbonyl (C=O) groups is 3. The van der Waals surface area contributed by atoms with Gasteiger partial charge in [0, 0.05) is 42.8 Å². The van der Waals surface area contributed by atoms with Crippen molar-refractivity contribution in [1.29, 1.82) is 0 Å². The first-order valence-electron chi connectivity index (χ1n) is 9.74. The summed E-state index contributed by atoms with van der Waals surface area (Å²) in [4.78, 5) is 40.8. The summed E-state index contributed by atoms with van der Waals surface area (Å²) in [6.45, 7) is 5.85. The molecule has 150 valence electrons. The minimum absolute atomic E-state index is 0.0737. The maximum Gasteiger partial charge on any atom is 0.251 e. The van der Waals surface area contributed by atoms with Gasteiger partial charge in [0.25, 0.3) is 5.91 Å². The van der Waals surface area contributed by atoms with Crippen LogP contribution in [0.2, 0.25) is 5.02 Å². The highest BCUT2D eigenvalue weighted by atomic mass is 35.5. The molecule has 0 bridgehead atoms. The van der Waals surface area contributed by atoms with Crippen LogP contribution in [-0.4, -0.2) is 59.7 Å². The van der Waals surface area contributed by atoms with Crippen molar-refractivity contribution in [3.63, 3.8) is 0 Å². The van der Waals surface area contributed by atoms with Gasteiger partial charge in [0.2, 0.25) is 11.8 Å². The van der Waals surface area contributed by atoms with Crippen molar-refractivity contribution in [3.8, 4) is 0 Å². The predicted octanol–water partition coefficient (Wildman–Crippen LogP) is 2.49. The van der Waals surface area contributed by atoms with Gasteiger partial charge in [-0.15, -0.1) is 0 Å². The van der Waals surface area contributed by atoms with Gasteiger partial charge >= 0.3 is 0 Å². The Kier molecular flexibility index (Phi) is 6.73. The number of hydrogen-bond acceptors (Lipinski definition) is 3. The highest BCUT2D eigenvalue weighted by Gasteiger charge is 2.33. The molecule has 1 aromatic carbocycles. The second-order valence-corrected chi connectivity index (χ2v) is 7.87. The van der Waals surface area contributed by atoms with Gasteiger partial charge in [-0.2, -0.15) is 0 Å². The number of rotatable bonds is 4. The normalized spacial score (nSPS) is 22.5. The zero-order valence-corrected chi connectivity index (χ0v) is 16.7. The van der Waals surface area contributed by atoms with Crippen molar-refractivity contribution in [2.45, 2.75) is 31.7 Å². The zero-order chi connectivity index (χ0) is 20.1. The molecule has 28 heavy (non-hydrogen) atoms. The molecule has 7 heteroatoms. The number of nitrogens with one attached hydrogen (secondary N) is 1. The number of carbonyl (C=O) groups excluding carboxylic acids is 3. The Morgan fingerprint density at radius 1 is 1.04 bits per heavy atom. The molecule has 2 aliphatic rings. The smallest absolute Gasteiger partial charge is 0.251 e. The summed E-state index contributed by atoms with van der Waals surface area (Å²) in [5.74, 6) is -0.379. The average Bonchev–Trinajstić information content (AvgIpc) is 2.73. The molecule has 1 aromatic rings. The van der Waals surface area contributed by atoms with Crippen molar-refractivity contribution in [1.82, 2.24) is 15.1 Å². The molecule has 2 unspecified atom stereocenters. The number of nitrogens with zero attached hydrogens (tertiary/aromatic N) is 2. The molecule has 1 N–H and O–H groups in total. The van der Waals surface area contributed by atoms with E-state index in [1.165, 1.54) is 6.08 Å². The van der Waals surface area contributed by atoms with Crippen LogP contribution in [-0.2, 0) is 9.59 Å². The van der Waals surface area contributed by atoms with Crippen LogP contribution in [0, 0.1) is 5.92 Å². The summed E-state index contributed by atoms with van der Waals surface area (Å²) in [5.41, 5.74) is 0.554. The highest BCUT2D eigenvalue weighted by molar-refractivity contribution is 6.30. The summed E-state index contributed by atoms with van der Waals surface area (Å²) in [5, 5.41) is 3.61. The third-order valence-electron chi connectivity index (χ3n) is 5.43. The van der Waals surface area contributed by atoms with Crippen molar-refractivity contribution in [2.24, 2.45) is 5.92 Å². The Morgan fingerprint density at radius 2 is 1.71 bits per heavy atom. The minimum atomic E-state index is -0.177. The number of hydrogen-bond donors (Lipinski definition) is 1. The first kappa shape index (κ1) is 20.4. The Balaban J connectivity index is 1.57. The van der Waals surface area contributed by atoms with E-state index in [9.17, 15) is 14.4 Å². The van der Waals surface area contributed by atoms with Crippen LogP contribution in [0.25, 0.3) is 0 Å². The Bertz CT molecular complexity index is 750. The van der Waals surface area contributed by atoms with E-state index in [-0.39, 0.29) is 29.7 Å². The van der Waals surface area contributed by atoms with Crippen molar-refractivity contribution < 1.29 is 14.4 Å². The van der Waals surface area contributed by atoms with Gasteiger partial charge < -0.3 is 15.1 Å². The van der Waals surface area contributed by atoms with Crippen LogP contribution in [0.5, 0.6) is 0 Å². The van der Waals surface area contributed by atoms with Crippen LogP contribution in [0.1, 0.15) is 36.0 Å². The molecule has 2 atom stereocenters. The molecule has 2 aliphatic heterocycles. The summed E-state index contributed by atoms with van der Waals surface area (Å²) in [6.07, 6.45) is 4.60. The van der Waals surface area contributed by atoms with E-state index in [1.807, 2.05) is 4.90 Å². The standard InChI is InChI=1S/C21H26ClN3O3/c1-2-19(26)24-11-3-5-16(13-24)21(28)25-12-4-6-18(14-25)23-20(27)15-7-9-17(22)10-8-15/h2,7-10,16,18H,1,3-6,11-14H2,(H,23,27). The number of piperidine rings is 2. The molecule has 3 rings (SSSR count). The fourth-order valence-electron chi connectivity index (χ4n) is 3.93. The van der Waals surface area contributed by atoms with Crippen LogP contribution in [0.4, 0.5) is 0 Å². The summed E-state index contributed by atoms with van der Waals surface area (Å²) in [7, 11) is 0. The van der Waals surface area contributed by atoms with Gasteiger partial charge in [-0.3, -0.25) is 14.4 Å². The maximum atomic E-state index is 13.0. The van der Waals surface area contributed by atoms with Crippen LogP contribution >= 0.6 is 11.6 Å². The Labute approximate surface area is 170 Å². The lowest BCUT2D eigenvalue weighted by atomic mass is 9.94. The quantitative estimate of drug-likeness (QED) is 0.785. The highest BCUT2D eigenvalue weighted by Crippen LogP contribution is 2.22. The Morgan fingerprint density at radius 3 is 2.43 bits per heavy atom. The van der Waals surface area contributed by atoms with E-state index in [0.717, 1.165) is 25.7 Å². The summed E-state index contributed by atoms with van der Waals surface area (Å²) >= 11 is 5.87. The third kappa shape index (κ3) is 4.93. The minimum Gasteiger partial charge on any atom is -0.348 e. The van der Waals surface area contributed by atoms with Crippen LogP contribution in [0.3, 0.4) is 0 Å². The predicted molar refractivity (Wildman–Crippen MR) is 108 cm³/mol. The van der Waals surface area contributed by atoms with E-state index in [0.29, 0.717) is 36.8 Å². The van der Waals surface area contributed by atoms with Gasteiger partial charge in [-0.1, -0.05) is 18.2 Å².